The first-order valence-corrected chi connectivity index (χ1v) is 11.0. The molecular formula is C21H26ClNO5S. The second-order valence-corrected chi connectivity index (χ2v) is 8.32. The zero-order chi connectivity index (χ0) is 21.6. The summed E-state index contributed by atoms with van der Waals surface area (Å²) in [6.07, 6.45) is 2.47. The molecule has 0 aliphatic rings. The third kappa shape index (κ3) is 6.26. The molecule has 2 aromatic rings. The van der Waals surface area contributed by atoms with Crippen LogP contribution in [0.15, 0.2) is 33.5 Å². The van der Waals surface area contributed by atoms with E-state index >= 15 is 0 Å². The quantitative estimate of drug-likeness (QED) is 0.435. The predicted molar refractivity (Wildman–Crippen MR) is 118 cm³/mol. The Morgan fingerprint density at radius 3 is 2.79 bits per heavy atom. The molecule has 0 saturated heterocycles. The molecular weight excluding hydrogens is 414 g/mol. The maximum absolute atomic E-state index is 12.5. The molecule has 0 saturated carbocycles. The Bertz CT molecular complexity index is 956. The second-order valence-electron chi connectivity index (χ2n) is 6.92. The van der Waals surface area contributed by atoms with Crippen LogP contribution in [0.3, 0.4) is 0 Å². The molecule has 0 bridgehead atoms. The van der Waals surface area contributed by atoms with E-state index in [9.17, 15) is 14.7 Å². The second kappa shape index (κ2) is 10.7. The van der Waals surface area contributed by atoms with Gasteiger partial charge in [0.2, 0.25) is 5.91 Å². The summed E-state index contributed by atoms with van der Waals surface area (Å²) in [5.74, 6) is 0.874. The highest BCUT2D eigenvalue weighted by Gasteiger charge is 2.18. The van der Waals surface area contributed by atoms with Crippen molar-refractivity contribution in [1.29, 1.82) is 0 Å². The van der Waals surface area contributed by atoms with Crippen LogP contribution < -0.4 is 15.7 Å². The first-order chi connectivity index (χ1) is 13.8. The molecule has 2 N–H and O–H groups in total. The van der Waals surface area contributed by atoms with Crippen LogP contribution in [0.1, 0.15) is 24.5 Å². The minimum absolute atomic E-state index is 0.134. The van der Waals surface area contributed by atoms with Crippen molar-refractivity contribution >= 4 is 40.2 Å². The topological polar surface area (TPSA) is 88.8 Å². The largest absolute Gasteiger partial charge is 0.488 e. The van der Waals surface area contributed by atoms with Gasteiger partial charge in [-0.1, -0.05) is 18.2 Å². The molecule has 2 rings (SSSR count). The summed E-state index contributed by atoms with van der Waals surface area (Å²) < 4.78 is 11.0. The Morgan fingerprint density at radius 2 is 2.17 bits per heavy atom. The van der Waals surface area contributed by atoms with E-state index in [1.54, 1.807) is 30.8 Å². The predicted octanol–water partition coefficient (Wildman–Crippen LogP) is 3.48. The highest BCUT2D eigenvalue weighted by Crippen LogP contribution is 2.32. The summed E-state index contributed by atoms with van der Waals surface area (Å²) in [6.45, 7) is 7.51. The molecule has 1 aromatic carbocycles. The summed E-state index contributed by atoms with van der Waals surface area (Å²) in [4.78, 5) is 24.9. The lowest BCUT2D eigenvalue weighted by atomic mass is 10.0. The Hall–Kier alpha value is -1.96. The minimum atomic E-state index is -0.581. The number of amides is 1. The average molecular weight is 440 g/mol. The number of carbonyl (C=O) groups is 1. The molecule has 8 heteroatoms. The van der Waals surface area contributed by atoms with Gasteiger partial charge in [-0.25, -0.2) is 4.79 Å². The number of carbonyl (C=O) groups excluding carboxylic acids is 1. The molecule has 1 amide bonds. The fourth-order valence-corrected chi connectivity index (χ4v) is 3.55. The number of ether oxygens (including phenoxy) is 1. The first kappa shape index (κ1) is 23.3. The number of nitrogens with one attached hydrogen (secondary N) is 1. The van der Waals surface area contributed by atoms with Crippen LogP contribution in [-0.4, -0.2) is 42.3 Å². The number of benzene rings is 1. The van der Waals surface area contributed by atoms with Gasteiger partial charge in [0.15, 0.2) is 0 Å². The van der Waals surface area contributed by atoms with Crippen LogP contribution in [0.25, 0.3) is 11.0 Å². The van der Waals surface area contributed by atoms with Crippen LogP contribution in [0.5, 0.6) is 5.75 Å². The molecule has 1 heterocycles. The van der Waals surface area contributed by atoms with E-state index < -0.39 is 5.63 Å². The van der Waals surface area contributed by atoms with Gasteiger partial charge in [-0.3, -0.25) is 4.79 Å². The van der Waals surface area contributed by atoms with Crippen molar-refractivity contribution in [2.75, 3.05) is 25.2 Å². The van der Waals surface area contributed by atoms with Crippen LogP contribution >= 0.6 is 23.4 Å². The van der Waals surface area contributed by atoms with Crippen molar-refractivity contribution in [3.05, 3.63) is 50.9 Å². The van der Waals surface area contributed by atoms with E-state index in [0.717, 1.165) is 11.3 Å². The number of thioether (sulfide) groups is 1. The number of aliphatic hydroxyl groups excluding tert-OH is 1. The molecule has 29 heavy (non-hydrogen) atoms. The molecule has 0 aliphatic heterocycles. The fourth-order valence-electron chi connectivity index (χ4n) is 2.81. The van der Waals surface area contributed by atoms with E-state index in [0.29, 0.717) is 40.3 Å². The van der Waals surface area contributed by atoms with E-state index in [2.05, 4.69) is 11.9 Å². The van der Waals surface area contributed by atoms with Gasteiger partial charge in [0.1, 0.15) is 17.9 Å². The number of aryl methyl sites for hydroxylation is 1. The van der Waals surface area contributed by atoms with Gasteiger partial charge in [0.05, 0.1) is 29.7 Å². The van der Waals surface area contributed by atoms with Crippen molar-refractivity contribution in [2.45, 2.75) is 32.7 Å². The van der Waals surface area contributed by atoms with Gasteiger partial charge < -0.3 is 19.6 Å². The van der Waals surface area contributed by atoms with Crippen molar-refractivity contribution < 1.29 is 19.1 Å². The zero-order valence-corrected chi connectivity index (χ0v) is 18.4. The zero-order valence-electron chi connectivity index (χ0n) is 16.8. The van der Waals surface area contributed by atoms with Gasteiger partial charge >= 0.3 is 5.63 Å². The van der Waals surface area contributed by atoms with E-state index in [1.165, 1.54) is 0 Å². The number of hydrogen-bond acceptors (Lipinski definition) is 6. The Balaban J connectivity index is 2.28. The summed E-state index contributed by atoms with van der Waals surface area (Å²) in [6, 6.07) is 2.90. The van der Waals surface area contributed by atoms with Crippen molar-refractivity contribution in [2.24, 2.45) is 0 Å². The molecule has 0 unspecified atom stereocenters. The van der Waals surface area contributed by atoms with Gasteiger partial charge in [-0.2, -0.15) is 11.8 Å². The van der Waals surface area contributed by atoms with Gasteiger partial charge in [-0.05, 0) is 49.5 Å². The Labute approximate surface area is 179 Å². The van der Waals surface area contributed by atoms with Crippen molar-refractivity contribution in [1.82, 2.24) is 5.32 Å². The molecule has 158 valence electrons. The van der Waals surface area contributed by atoms with Gasteiger partial charge in [0.25, 0.3) is 0 Å². The standard InChI is InChI=1S/C21H26ClNO5S/c1-12(2)11-27-19-9-18-15(7-17(19)22)13(3)16(21(26)28-18)8-20(25)23-14(10-24)5-6-29-4/h7,9,14,24H,1,5-6,8,10-11H2,2-4H3,(H,23,25)/t14-/m0/s1. The van der Waals surface area contributed by atoms with E-state index in [4.69, 9.17) is 20.8 Å². The number of halogens is 1. The van der Waals surface area contributed by atoms with E-state index in [-0.39, 0.29) is 30.5 Å². The van der Waals surface area contributed by atoms with Crippen molar-refractivity contribution in [3.8, 4) is 5.75 Å². The highest BCUT2D eigenvalue weighted by atomic mass is 35.5. The Kier molecular flexibility index (Phi) is 8.61. The number of hydrogen-bond donors (Lipinski definition) is 2. The molecule has 0 spiro atoms. The lowest BCUT2D eigenvalue weighted by Gasteiger charge is -2.16. The minimum Gasteiger partial charge on any atom is -0.488 e. The number of fused-ring (bicyclic) bond motifs is 1. The lowest BCUT2D eigenvalue weighted by molar-refractivity contribution is -0.121. The first-order valence-electron chi connectivity index (χ1n) is 9.19. The van der Waals surface area contributed by atoms with Crippen molar-refractivity contribution in [3.63, 3.8) is 0 Å². The average Bonchev–Trinajstić information content (AvgIpc) is 2.67. The van der Waals surface area contributed by atoms with Crippen LogP contribution in [0, 0.1) is 6.92 Å². The highest BCUT2D eigenvalue weighted by molar-refractivity contribution is 7.98. The number of aliphatic hydroxyl groups is 1. The molecule has 1 atom stereocenters. The summed E-state index contributed by atoms with van der Waals surface area (Å²) in [5.41, 5.74) is 1.49. The van der Waals surface area contributed by atoms with E-state index in [1.807, 2.05) is 13.2 Å². The van der Waals surface area contributed by atoms with Gasteiger partial charge in [-0.15, -0.1) is 0 Å². The van der Waals surface area contributed by atoms with Crippen LogP contribution in [-0.2, 0) is 11.2 Å². The maximum Gasteiger partial charge on any atom is 0.340 e. The maximum atomic E-state index is 12.5. The Morgan fingerprint density at radius 1 is 1.45 bits per heavy atom. The summed E-state index contributed by atoms with van der Waals surface area (Å²) >= 11 is 7.94. The summed E-state index contributed by atoms with van der Waals surface area (Å²) in [5, 5.41) is 13.2. The normalized spacial score (nSPS) is 12.0. The van der Waals surface area contributed by atoms with Gasteiger partial charge in [0, 0.05) is 11.5 Å². The SMILES string of the molecule is C=C(C)COc1cc2oc(=O)c(CC(=O)N[C@H](CO)CCSC)c(C)c2cc1Cl. The summed E-state index contributed by atoms with van der Waals surface area (Å²) in [7, 11) is 0. The third-order valence-corrected chi connectivity index (χ3v) is 5.35. The monoisotopic (exact) mass is 439 g/mol. The molecule has 6 nitrogen and oxygen atoms in total. The van der Waals surface area contributed by atoms with Crippen LogP contribution in [0.4, 0.5) is 0 Å². The third-order valence-electron chi connectivity index (χ3n) is 4.41. The molecule has 0 aliphatic carbocycles. The fraction of sp³-hybridized carbons (Fsp3) is 0.429. The molecule has 0 radical (unpaired) electrons. The lowest BCUT2D eigenvalue weighted by Crippen LogP contribution is -2.39. The molecule has 1 aromatic heterocycles. The van der Waals surface area contributed by atoms with Crippen LogP contribution in [0.2, 0.25) is 5.02 Å². The smallest absolute Gasteiger partial charge is 0.340 e. The molecule has 0 fully saturated rings. The number of rotatable bonds is 10.